The molecule has 0 spiro atoms. The molecule has 28 heavy (non-hydrogen) atoms. The SMILES string of the molecule is CC(C)N1C[C@H](C(=O)Nc2ccccc2C(=O)NCc2ccccc2)CC1=O. The van der Waals surface area contributed by atoms with Crippen LogP contribution in [0.25, 0.3) is 0 Å². The molecule has 6 heteroatoms. The second-order valence-corrected chi connectivity index (χ2v) is 7.24. The predicted molar refractivity (Wildman–Crippen MR) is 108 cm³/mol. The largest absolute Gasteiger partial charge is 0.348 e. The van der Waals surface area contributed by atoms with Crippen molar-refractivity contribution < 1.29 is 14.4 Å². The lowest BCUT2D eigenvalue weighted by Crippen LogP contribution is -2.33. The summed E-state index contributed by atoms with van der Waals surface area (Å²) in [6.07, 6.45) is 0.201. The lowest BCUT2D eigenvalue weighted by molar-refractivity contribution is -0.129. The third-order valence-electron chi connectivity index (χ3n) is 4.88. The van der Waals surface area contributed by atoms with Crippen LogP contribution in [0.4, 0.5) is 5.69 Å². The zero-order chi connectivity index (χ0) is 20.1. The first-order valence-corrected chi connectivity index (χ1v) is 9.47. The predicted octanol–water partition coefficient (Wildman–Crippen LogP) is 2.81. The van der Waals surface area contributed by atoms with E-state index in [9.17, 15) is 14.4 Å². The van der Waals surface area contributed by atoms with Crippen molar-refractivity contribution in [2.45, 2.75) is 32.9 Å². The van der Waals surface area contributed by atoms with Gasteiger partial charge in [-0.2, -0.15) is 0 Å². The number of carbonyl (C=O) groups is 3. The monoisotopic (exact) mass is 379 g/mol. The average molecular weight is 379 g/mol. The van der Waals surface area contributed by atoms with Gasteiger partial charge >= 0.3 is 0 Å². The number of nitrogens with zero attached hydrogens (tertiary/aromatic N) is 1. The molecular weight excluding hydrogens is 354 g/mol. The Hall–Kier alpha value is -3.15. The van der Waals surface area contributed by atoms with E-state index in [2.05, 4.69) is 10.6 Å². The highest BCUT2D eigenvalue weighted by Crippen LogP contribution is 2.23. The van der Waals surface area contributed by atoms with Crippen LogP contribution in [0.3, 0.4) is 0 Å². The molecule has 0 radical (unpaired) electrons. The van der Waals surface area contributed by atoms with Crippen molar-refractivity contribution in [3.8, 4) is 0 Å². The summed E-state index contributed by atoms with van der Waals surface area (Å²) in [6, 6.07) is 16.6. The molecule has 3 amide bonds. The molecular formula is C22H25N3O3. The van der Waals surface area contributed by atoms with Gasteiger partial charge in [-0.25, -0.2) is 0 Å². The highest BCUT2D eigenvalue weighted by molar-refractivity contribution is 6.05. The molecule has 1 aliphatic heterocycles. The molecule has 3 rings (SSSR count). The number of carbonyl (C=O) groups excluding carboxylic acids is 3. The summed E-state index contributed by atoms with van der Waals surface area (Å²) in [4.78, 5) is 39.0. The van der Waals surface area contributed by atoms with E-state index in [1.54, 1.807) is 29.2 Å². The molecule has 0 aromatic heterocycles. The van der Waals surface area contributed by atoms with Gasteiger partial charge in [0.2, 0.25) is 11.8 Å². The lowest BCUT2D eigenvalue weighted by Gasteiger charge is -2.20. The normalized spacial score (nSPS) is 16.3. The van der Waals surface area contributed by atoms with Crippen LogP contribution in [0, 0.1) is 5.92 Å². The standard InChI is InChI=1S/C22H25N3O3/c1-15(2)25-14-17(12-20(25)26)21(27)24-19-11-7-6-10-18(19)22(28)23-13-16-8-4-3-5-9-16/h3-11,15,17H,12-14H2,1-2H3,(H,23,28)(H,24,27)/t17-/m1/s1. The number of benzene rings is 2. The van der Waals surface area contributed by atoms with Crippen LogP contribution in [-0.2, 0) is 16.1 Å². The Morgan fingerprint density at radius 2 is 1.75 bits per heavy atom. The maximum atomic E-state index is 12.7. The van der Waals surface area contributed by atoms with E-state index in [0.29, 0.717) is 24.3 Å². The molecule has 1 aliphatic rings. The van der Waals surface area contributed by atoms with E-state index in [1.165, 1.54) is 0 Å². The summed E-state index contributed by atoms with van der Waals surface area (Å²) in [5.41, 5.74) is 1.85. The van der Waals surface area contributed by atoms with Gasteiger partial charge in [-0.05, 0) is 31.5 Å². The number of rotatable bonds is 6. The van der Waals surface area contributed by atoms with Crippen LogP contribution in [0.1, 0.15) is 36.2 Å². The number of nitrogens with one attached hydrogen (secondary N) is 2. The Morgan fingerprint density at radius 3 is 2.43 bits per heavy atom. The third-order valence-corrected chi connectivity index (χ3v) is 4.88. The van der Waals surface area contributed by atoms with Gasteiger partial charge in [0, 0.05) is 25.6 Å². The van der Waals surface area contributed by atoms with E-state index < -0.39 is 5.92 Å². The first-order chi connectivity index (χ1) is 13.5. The van der Waals surface area contributed by atoms with Gasteiger partial charge in [0.05, 0.1) is 17.2 Å². The third kappa shape index (κ3) is 4.57. The number of amides is 3. The van der Waals surface area contributed by atoms with Crippen molar-refractivity contribution >= 4 is 23.4 Å². The summed E-state index contributed by atoms with van der Waals surface area (Å²) in [7, 11) is 0. The van der Waals surface area contributed by atoms with E-state index in [0.717, 1.165) is 5.56 Å². The van der Waals surface area contributed by atoms with Gasteiger partial charge in [0.25, 0.3) is 5.91 Å². The summed E-state index contributed by atoms with van der Waals surface area (Å²) < 4.78 is 0. The molecule has 2 N–H and O–H groups in total. The zero-order valence-electron chi connectivity index (χ0n) is 16.1. The van der Waals surface area contributed by atoms with Crippen LogP contribution in [0.5, 0.6) is 0 Å². The molecule has 0 unspecified atom stereocenters. The van der Waals surface area contributed by atoms with Crippen molar-refractivity contribution in [1.29, 1.82) is 0 Å². The van der Waals surface area contributed by atoms with Crippen LogP contribution in [0.15, 0.2) is 54.6 Å². The van der Waals surface area contributed by atoms with Crippen molar-refractivity contribution in [2.24, 2.45) is 5.92 Å². The maximum absolute atomic E-state index is 12.7. The summed E-state index contributed by atoms with van der Waals surface area (Å²) in [6.45, 7) is 4.68. The highest BCUT2D eigenvalue weighted by Gasteiger charge is 2.35. The van der Waals surface area contributed by atoms with Gasteiger partial charge < -0.3 is 15.5 Å². The molecule has 146 valence electrons. The van der Waals surface area contributed by atoms with E-state index in [1.807, 2.05) is 44.2 Å². The second kappa shape index (κ2) is 8.69. The van der Waals surface area contributed by atoms with Crippen molar-refractivity contribution in [1.82, 2.24) is 10.2 Å². The summed E-state index contributed by atoms with van der Waals surface area (Å²) >= 11 is 0. The quantitative estimate of drug-likeness (QED) is 0.810. The van der Waals surface area contributed by atoms with E-state index in [4.69, 9.17) is 0 Å². The van der Waals surface area contributed by atoms with E-state index >= 15 is 0 Å². The second-order valence-electron chi connectivity index (χ2n) is 7.24. The first kappa shape index (κ1) is 19.6. The molecule has 2 aromatic rings. The Labute approximate surface area is 164 Å². The summed E-state index contributed by atoms with van der Waals surface area (Å²) in [5.74, 6) is -0.912. The molecule has 1 saturated heterocycles. The minimum absolute atomic E-state index is 0.0101. The smallest absolute Gasteiger partial charge is 0.253 e. The van der Waals surface area contributed by atoms with Crippen molar-refractivity contribution in [3.05, 3.63) is 65.7 Å². The number of anilines is 1. The lowest BCUT2D eigenvalue weighted by atomic mass is 10.1. The van der Waals surface area contributed by atoms with Crippen LogP contribution >= 0.6 is 0 Å². The minimum Gasteiger partial charge on any atom is -0.348 e. The molecule has 1 atom stereocenters. The van der Waals surface area contributed by atoms with Crippen LogP contribution in [0.2, 0.25) is 0 Å². The fraction of sp³-hybridized carbons (Fsp3) is 0.318. The van der Waals surface area contributed by atoms with E-state index in [-0.39, 0.29) is 30.2 Å². The average Bonchev–Trinajstić information content (AvgIpc) is 3.09. The molecule has 2 aromatic carbocycles. The maximum Gasteiger partial charge on any atom is 0.253 e. The van der Waals surface area contributed by atoms with Gasteiger partial charge in [0.15, 0.2) is 0 Å². The number of likely N-dealkylation sites (tertiary alicyclic amines) is 1. The Bertz CT molecular complexity index is 864. The Kier molecular flexibility index (Phi) is 6.09. The van der Waals surface area contributed by atoms with Crippen LogP contribution in [-0.4, -0.2) is 35.2 Å². The van der Waals surface area contributed by atoms with Gasteiger partial charge in [-0.1, -0.05) is 42.5 Å². The first-order valence-electron chi connectivity index (χ1n) is 9.47. The Balaban J connectivity index is 1.66. The molecule has 1 fully saturated rings. The van der Waals surface area contributed by atoms with Gasteiger partial charge in [-0.15, -0.1) is 0 Å². The minimum atomic E-state index is -0.407. The van der Waals surface area contributed by atoms with Crippen molar-refractivity contribution in [2.75, 3.05) is 11.9 Å². The fourth-order valence-corrected chi connectivity index (χ4v) is 3.30. The number of hydrogen-bond acceptors (Lipinski definition) is 3. The summed E-state index contributed by atoms with van der Waals surface area (Å²) in [5, 5.41) is 5.71. The molecule has 0 aliphatic carbocycles. The number of para-hydroxylation sites is 1. The van der Waals surface area contributed by atoms with Crippen LogP contribution < -0.4 is 10.6 Å². The molecule has 1 heterocycles. The number of hydrogen-bond donors (Lipinski definition) is 2. The zero-order valence-corrected chi connectivity index (χ0v) is 16.1. The Morgan fingerprint density at radius 1 is 1.07 bits per heavy atom. The topological polar surface area (TPSA) is 78.5 Å². The van der Waals surface area contributed by atoms with Crippen molar-refractivity contribution in [3.63, 3.8) is 0 Å². The molecule has 6 nitrogen and oxygen atoms in total. The molecule has 0 saturated carbocycles. The van der Waals surface area contributed by atoms with Gasteiger partial charge in [0.1, 0.15) is 0 Å². The fourth-order valence-electron chi connectivity index (χ4n) is 3.30. The highest BCUT2D eigenvalue weighted by atomic mass is 16.2. The molecule has 0 bridgehead atoms. The van der Waals surface area contributed by atoms with Gasteiger partial charge in [-0.3, -0.25) is 14.4 Å².